The van der Waals surface area contributed by atoms with Gasteiger partial charge in [0.05, 0.1) is 0 Å². The summed E-state index contributed by atoms with van der Waals surface area (Å²) in [6.45, 7) is 4.29. The lowest BCUT2D eigenvalue weighted by Crippen LogP contribution is -2.50. The molecule has 0 spiro atoms. The van der Waals surface area contributed by atoms with E-state index in [9.17, 15) is 14.4 Å². The van der Waals surface area contributed by atoms with E-state index in [1.165, 1.54) is 21.1 Å². The first-order chi connectivity index (χ1) is 8.32. The summed E-state index contributed by atoms with van der Waals surface area (Å²) in [5.74, 6) is -3.49. The summed E-state index contributed by atoms with van der Waals surface area (Å²) >= 11 is 0. The van der Waals surface area contributed by atoms with Crippen LogP contribution in [0.5, 0.6) is 0 Å². The van der Waals surface area contributed by atoms with E-state index < -0.39 is 29.4 Å². The zero-order valence-corrected chi connectivity index (χ0v) is 11.4. The molecule has 0 heterocycles. The molecular weight excluding hydrogens is 240 g/mol. The Hall–Kier alpha value is -1.27. The summed E-state index contributed by atoms with van der Waals surface area (Å²) in [6.07, 6.45) is -0.777. The largest absolute Gasteiger partial charge is 0.446 e. The highest BCUT2D eigenvalue weighted by Gasteiger charge is 2.43. The van der Waals surface area contributed by atoms with Gasteiger partial charge in [-0.15, -0.1) is 0 Å². The molecule has 0 aliphatic rings. The van der Waals surface area contributed by atoms with Crippen molar-refractivity contribution in [2.24, 2.45) is 0 Å². The molecule has 18 heavy (non-hydrogen) atoms. The number of ketones is 2. The maximum Gasteiger partial charge on any atom is 0.303 e. The smallest absolute Gasteiger partial charge is 0.303 e. The molecule has 0 rings (SSSR count). The lowest BCUT2D eigenvalue weighted by Gasteiger charge is -2.28. The summed E-state index contributed by atoms with van der Waals surface area (Å²) in [5, 5.41) is 0. The molecule has 0 saturated heterocycles. The molecule has 0 fully saturated rings. The summed E-state index contributed by atoms with van der Waals surface area (Å²) in [7, 11) is 2.55. The summed E-state index contributed by atoms with van der Waals surface area (Å²) in [5.41, 5.74) is 0. The van der Waals surface area contributed by atoms with Crippen LogP contribution in [-0.4, -0.2) is 43.6 Å². The van der Waals surface area contributed by atoms with Gasteiger partial charge in [0, 0.05) is 27.6 Å². The van der Waals surface area contributed by atoms with Gasteiger partial charge in [-0.25, -0.2) is 0 Å². The number of methoxy groups -OCH3 is 2. The van der Waals surface area contributed by atoms with E-state index in [1.54, 1.807) is 6.92 Å². The second-order valence-electron chi connectivity index (χ2n) is 3.92. The van der Waals surface area contributed by atoms with Crippen LogP contribution in [0.1, 0.15) is 33.6 Å². The standard InChI is InChI=1S/C12H20O6/c1-6-7-9(14)10(18-8(2)13)11(15)12(3,16-4)17-5/h10H,6-7H2,1-5H3. The van der Waals surface area contributed by atoms with Gasteiger partial charge in [0.15, 0.2) is 5.78 Å². The molecule has 0 saturated carbocycles. The van der Waals surface area contributed by atoms with Crippen LogP contribution in [0.4, 0.5) is 0 Å². The third-order valence-corrected chi connectivity index (χ3v) is 2.54. The van der Waals surface area contributed by atoms with E-state index in [1.807, 2.05) is 0 Å². The van der Waals surface area contributed by atoms with Crippen LogP contribution in [0, 0.1) is 0 Å². The van der Waals surface area contributed by atoms with Crippen LogP contribution in [0.15, 0.2) is 0 Å². The quantitative estimate of drug-likeness (QED) is 0.366. The maximum absolute atomic E-state index is 12.1. The highest BCUT2D eigenvalue weighted by Crippen LogP contribution is 2.17. The second kappa shape index (κ2) is 7.23. The van der Waals surface area contributed by atoms with Crippen molar-refractivity contribution in [1.82, 2.24) is 0 Å². The number of hydrogen-bond donors (Lipinski definition) is 0. The molecule has 0 radical (unpaired) electrons. The van der Waals surface area contributed by atoms with Gasteiger partial charge < -0.3 is 14.2 Å². The predicted octanol–water partition coefficient (Wildman–Crippen LogP) is 0.865. The van der Waals surface area contributed by atoms with E-state index >= 15 is 0 Å². The normalized spacial score (nSPS) is 12.9. The molecule has 1 atom stereocenters. The van der Waals surface area contributed by atoms with Crippen molar-refractivity contribution in [3.8, 4) is 0 Å². The van der Waals surface area contributed by atoms with Gasteiger partial charge in [-0.2, -0.15) is 0 Å². The van der Waals surface area contributed by atoms with Crippen LogP contribution in [-0.2, 0) is 28.6 Å². The highest BCUT2D eigenvalue weighted by atomic mass is 16.7. The SMILES string of the molecule is CCCC(=O)C(OC(C)=O)C(=O)C(C)(OC)OC. The highest BCUT2D eigenvalue weighted by molar-refractivity contribution is 6.09. The van der Waals surface area contributed by atoms with Crippen molar-refractivity contribution in [3.05, 3.63) is 0 Å². The number of esters is 1. The fraction of sp³-hybridized carbons (Fsp3) is 0.750. The Labute approximate surface area is 107 Å². The van der Waals surface area contributed by atoms with Crippen molar-refractivity contribution in [2.45, 2.75) is 45.5 Å². The van der Waals surface area contributed by atoms with Gasteiger partial charge in [-0.05, 0) is 13.3 Å². The van der Waals surface area contributed by atoms with Crippen LogP contribution >= 0.6 is 0 Å². The van der Waals surface area contributed by atoms with E-state index in [0.29, 0.717) is 6.42 Å². The molecule has 0 aliphatic heterocycles. The Morgan fingerprint density at radius 1 is 1.17 bits per heavy atom. The Morgan fingerprint density at radius 2 is 1.67 bits per heavy atom. The number of hydrogen-bond acceptors (Lipinski definition) is 6. The summed E-state index contributed by atoms with van der Waals surface area (Å²) in [6, 6.07) is 0. The van der Waals surface area contributed by atoms with Gasteiger partial charge in [0.1, 0.15) is 0 Å². The molecule has 0 aromatic carbocycles. The Morgan fingerprint density at radius 3 is 2.00 bits per heavy atom. The van der Waals surface area contributed by atoms with Gasteiger partial charge in [-0.1, -0.05) is 6.92 Å². The lowest BCUT2D eigenvalue weighted by molar-refractivity contribution is -0.208. The minimum Gasteiger partial charge on any atom is -0.446 e. The predicted molar refractivity (Wildman–Crippen MR) is 62.9 cm³/mol. The average Bonchev–Trinajstić information content (AvgIpc) is 2.34. The number of rotatable bonds is 8. The molecule has 104 valence electrons. The minimum absolute atomic E-state index is 0.146. The molecule has 0 amide bonds. The number of ether oxygens (including phenoxy) is 3. The van der Waals surface area contributed by atoms with Crippen LogP contribution < -0.4 is 0 Å². The second-order valence-corrected chi connectivity index (χ2v) is 3.92. The molecule has 0 bridgehead atoms. The minimum atomic E-state index is -1.61. The number of carbonyl (C=O) groups is 3. The van der Waals surface area contributed by atoms with Crippen molar-refractivity contribution in [1.29, 1.82) is 0 Å². The Kier molecular flexibility index (Phi) is 6.72. The molecule has 0 N–H and O–H groups in total. The van der Waals surface area contributed by atoms with E-state index in [0.717, 1.165) is 6.92 Å². The van der Waals surface area contributed by atoms with Gasteiger partial charge in [-0.3, -0.25) is 14.4 Å². The fourth-order valence-electron chi connectivity index (χ4n) is 1.33. The average molecular weight is 260 g/mol. The van der Waals surface area contributed by atoms with Gasteiger partial charge >= 0.3 is 5.97 Å². The first kappa shape index (κ1) is 16.7. The van der Waals surface area contributed by atoms with Crippen LogP contribution in [0.25, 0.3) is 0 Å². The molecule has 0 aromatic rings. The van der Waals surface area contributed by atoms with Crippen LogP contribution in [0.3, 0.4) is 0 Å². The van der Waals surface area contributed by atoms with E-state index in [4.69, 9.17) is 14.2 Å². The zero-order chi connectivity index (χ0) is 14.3. The molecule has 0 aliphatic carbocycles. The molecule has 1 unspecified atom stereocenters. The third-order valence-electron chi connectivity index (χ3n) is 2.54. The summed E-state index contributed by atoms with van der Waals surface area (Å²) < 4.78 is 14.6. The molecule has 0 aromatic heterocycles. The lowest BCUT2D eigenvalue weighted by atomic mass is 10.0. The molecule has 6 nitrogen and oxygen atoms in total. The Balaban J connectivity index is 5.12. The first-order valence-corrected chi connectivity index (χ1v) is 5.66. The van der Waals surface area contributed by atoms with Crippen molar-refractivity contribution in [3.63, 3.8) is 0 Å². The third kappa shape index (κ3) is 4.19. The fourth-order valence-corrected chi connectivity index (χ4v) is 1.33. The van der Waals surface area contributed by atoms with Crippen molar-refractivity contribution < 1.29 is 28.6 Å². The summed E-state index contributed by atoms with van der Waals surface area (Å²) in [4.78, 5) is 34.9. The van der Waals surface area contributed by atoms with Crippen molar-refractivity contribution >= 4 is 17.5 Å². The maximum atomic E-state index is 12.1. The monoisotopic (exact) mass is 260 g/mol. The van der Waals surface area contributed by atoms with Crippen LogP contribution in [0.2, 0.25) is 0 Å². The molecular formula is C12H20O6. The Bertz CT molecular complexity index is 319. The van der Waals surface area contributed by atoms with Gasteiger partial charge in [0.2, 0.25) is 17.7 Å². The van der Waals surface area contributed by atoms with Gasteiger partial charge in [0.25, 0.3) is 0 Å². The zero-order valence-electron chi connectivity index (χ0n) is 11.4. The van der Waals surface area contributed by atoms with Crippen molar-refractivity contribution in [2.75, 3.05) is 14.2 Å². The van der Waals surface area contributed by atoms with E-state index in [2.05, 4.69) is 0 Å². The topological polar surface area (TPSA) is 78.9 Å². The molecule has 6 heteroatoms. The number of Topliss-reactive ketones (excluding diaryl/α,β-unsaturated/α-hetero) is 2. The number of carbonyl (C=O) groups excluding carboxylic acids is 3. The first-order valence-electron chi connectivity index (χ1n) is 5.66. The van der Waals surface area contributed by atoms with E-state index in [-0.39, 0.29) is 6.42 Å².